The summed E-state index contributed by atoms with van der Waals surface area (Å²) in [4.78, 5) is 22.8. The molecule has 2 amide bonds. The molecule has 0 bridgehead atoms. The van der Waals surface area contributed by atoms with Gasteiger partial charge >= 0.3 is 6.03 Å². The summed E-state index contributed by atoms with van der Waals surface area (Å²) in [7, 11) is 0. The predicted molar refractivity (Wildman–Crippen MR) is 102 cm³/mol. The molecule has 1 aromatic carbocycles. The number of benzene rings is 1. The first-order chi connectivity index (χ1) is 13.7. The van der Waals surface area contributed by atoms with E-state index in [1.807, 2.05) is 0 Å². The number of halogens is 1. The highest BCUT2D eigenvalue weighted by Crippen LogP contribution is 2.28. The molecular formula is C19H20FN7O. The summed E-state index contributed by atoms with van der Waals surface area (Å²) in [5.74, 6) is 0.388. The highest BCUT2D eigenvalue weighted by Gasteiger charge is 2.29. The smallest absolute Gasteiger partial charge is 0.315 e. The van der Waals surface area contributed by atoms with Crippen molar-refractivity contribution in [2.24, 2.45) is 0 Å². The third-order valence-electron chi connectivity index (χ3n) is 5.16. The first kappa shape index (κ1) is 16.9. The van der Waals surface area contributed by atoms with Gasteiger partial charge in [-0.05, 0) is 31.4 Å². The second-order valence-electron chi connectivity index (χ2n) is 7.27. The molecule has 2 fully saturated rings. The largest absolute Gasteiger partial charge is 0.354 e. The predicted octanol–water partition coefficient (Wildman–Crippen LogP) is 1.99. The van der Waals surface area contributed by atoms with E-state index >= 15 is 0 Å². The molecule has 1 saturated carbocycles. The maximum Gasteiger partial charge on any atom is 0.315 e. The van der Waals surface area contributed by atoms with Crippen LogP contribution in [0.15, 0.2) is 36.8 Å². The molecule has 1 aliphatic heterocycles. The Bertz CT molecular complexity index is 1030. The van der Waals surface area contributed by atoms with Crippen LogP contribution in [0.25, 0.3) is 16.7 Å². The molecule has 3 aromatic rings. The second-order valence-corrected chi connectivity index (χ2v) is 7.27. The molecule has 5 rings (SSSR count). The minimum Gasteiger partial charge on any atom is -0.354 e. The second kappa shape index (κ2) is 6.74. The molecular weight excluding hydrogens is 361 g/mol. The quantitative estimate of drug-likeness (QED) is 0.722. The lowest BCUT2D eigenvalue weighted by atomic mass is 10.3. The Kier molecular flexibility index (Phi) is 4.07. The van der Waals surface area contributed by atoms with Crippen LogP contribution in [0.5, 0.6) is 0 Å². The molecule has 0 spiro atoms. The zero-order chi connectivity index (χ0) is 19.1. The van der Waals surface area contributed by atoms with Gasteiger partial charge in [-0.3, -0.25) is 0 Å². The Balaban J connectivity index is 1.38. The standard InChI is InChI=1S/C19H20FN7O/c20-15-3-1-2-4-16(15)27-18-14(9-23-27)17(21-11-22-18)26-8-7-13(10-26)25-19(28)24-12-5-6-12/h1-4,9,11-13H,5-8,10H2,(H2,24,25,28). The average Bonchev–Trinajstić information content (AvgIpc) is 3.21. The molecule has 3 heterocycles. The van der Waals surface area contributed by atoms with Crippen molar-refractivity contribution in [3.63, 3.8) is 0 Å². The molecule has 1 saturated heterocycles. The number of aromatic nitrogens is 4. The van der Waals surface area contributed by atoms with E-state index in [1.165, 1.54) is 17.1 Å². The minimum atomic E-state index is -0.361. The molecule has 1 atom stereocenters. The summed E-state index contributed by atoms with van der Waals surface area (Å²) in [6.45, 7) is 1.43. The third-order valence-corrected chi connectivity index (χ3v) is 5.16. The van der Waals surface area contributed by atoms with Gasteiger partial charge in [0.15, 0.2) is 5.65 Å². The third kappa shape index (κ3) is 3.12. The van der Waals surface area contributed by atoms with Gasteiger partial charge in [-0.2, -0.15) is 5.10 Å². The van der Waals surface area contributed by atoms with Crippen molar-refractivity contribution in [1.82, 2.24) is 30.4 Å². The summed E-state index contributed by atoms with van der Waals surface area (Å²) >= 11 is 0. The topological polar surface area (TPSA) is 88.0 Å². The summed E-state index contributed by atoms with van der Waals surface area (Å²) in [5, 5.41) is 11.1. The van der Waals surface area contributed by atoms with E-state index in [0.29, 0.717) is 23.9 Å². The number of urea groups is 1. The van der Waals surface area contributed by atoms with Gasteiger partial charge in [0.2, 0.25) is 0 Å². The molecule has 1 unspecified atom stereocenters. The molecule has 2 aliphatic rings. The Morgan fingerprint density at radius 2 is 1.93 bits per heavy atom. The number of carbonyl (C=O) groups is 1. The van der Waals surface area contributed by atoms with Gasteiger partial charge < -0.3 is 15.5 Å². The average molecular weight is 381 g/mol. The van der Waals surface area contributed by atoms with Crippen molar-refractivity contribution in [1.29, 1.82) is 0 Å². The lowest BCUT2D eigenvalue weighted by molar-refractivity contribution is 0.237. The van der Waals surface area contributed by atoms with Crippen LogP contribution >= 0.6 is 0 Å². The number of nitrogens with zero attached hydrogens (tertiary/aromatic N) is 5. The monoisotopic (exact) mass is 381 g/mol. The number of rotatable bonds is 4. The van der Waals surface area contributed by atoms with Crippen molar-refractivity contribution in [2.75, 3.05) is 18.0 Å². The highest BCUT2D eigenvalue weighted by atomic mass is 19.1. The van der Waals surface area contributed by atoms with Crippen LogP contribution in [-0.4, -0.2) is 51.0 Å². The molecule has 2 aromatic heterocycles. The Hall–Kier alpha value is -3.23. The van der Waals surface area contributed by atoms with Crippen molar-refractivity contribution in [3.8, 4) is 5.69 Å². The van der Waals surface area contributed by atoms with E-state index < -0.39 is 0 Å². The Morgan fingerprint density at radius 3 is 2.75 bits per heavy atom. The van der Waals surface area contributed by atoms with Gasteiger partial charge in [0.1, 0.15) is 23.6 Å². The highest BCUT2D eigenvalue weighted by molar-refractivity contribution is 5.88. The molecule has 144 valence electrons. The number of anilines is 1. The number of hydrogen-bond acceptors (Lipinski definition) is 5. The van der Waals surface area contributed by atoms with Gasteiger partial charge in [-0.25, -0.2) is 23.8 Å². The summed E-state index contributed by atoms with van der Waals surface area (Å²) in [5.41, 5.74) is 0.901. The zero-order valence-electron chi connectivity index (χ0n) is 15.2. The fraction of sp³-hybridized carbons (Fsp3) is 0.368. The van der Waals surface area contributed by atoms with Crippen LogP contribution in [0.2, 0.25) is 0 Å². The van der Waals surface area contributed by atoms with Crippen molar-refractivity contribution in [3.05, 3.63) is 42.6 Å². The first-order valence-corrected chi connectivity index (χ1v) is 9.44. The van der Waals surface area contributed by atoms with Crippen LogP contribution in [0.1, 0.15) is 19.3 Å². The van der Waals surface area contributed by atoms with E-state index in [-0.39, 0.29) is 17.9 Å². The van der Waals surface area contributed by atoms with Gasteiger partial charge in [-0.1, -0.05) is 12.1 Å². The number of para-hydroxylation sites is 1. The minimum absolute atomic E-state index is 0.0605. The maximum absolute atomic E-state index is 14.2. The van der Waals surface area contributed by atoms with Crippen LogP contribution < -0.4 is 15.5 Å². The van der Waals surface area contributed by atoms with E-state index in [9.17, 15) is 9.18 Å². The Morgan fingerprint density at radius 1 is 1.11 bits per heavy atom. The van der Waals surface area contributed by atoms with Crippen LogP contribution in [0.4, 0.5) is 15.0 Å². The molecule has 9 heteroatoms. The molecule has 1 aliphatic carbocycles. The van der Waals surface area contributed by atoms with Crippen LogP contribution in [0.3, 0.4) is 0 Å². The van der Waals surface area contributed by atoms with Crippen LogP contribution in [0, 0.1) is 5.82 Å². The molecule has 8 nitrogen and oxygen atoms in total. The van der Waals surface area contributed by atoms with Gasteiger partial charge in [-0.15, -0.1) is 0 Å². The number of amides is 2. The fourth-order valence-corrected chi connectivity index (χ4v) is 3.59. The lowest BCUT2D eigenvalue weighted by Crippen LogP contribution is -2.44. The number of fused-ring (bicyclic) bond motifs is 1. The first-order valence-electron chi connectivity index (χ1n) is 9.44. The van der Waals surface area contributed by atoms with E-state index in [1.54, 1.807) is 24.4 Å². The van der Waals surface area contributed by atoms with Crippen molar-refractivity contribution in [2.45, 2.75) is 31.3 Å². The number of carbonyl (C=O) groups excluding carboxylic acids is 1. The lowest BCUT2D eigenvalue weighted by Gasteiger charge is -2.18. The zero-order valence-corrected chi connectivity index (χ0v) is 15.2. The van der Waals surface area contributed by atoms with Crippen molar-refractivity contribution >= 4 is 22.9 Å². The van der Waals surface area contributed by atoms with E-state index in [4.69, 9.17) is 0 Å². The van der Waals surface area contributed by atoms with Gasteiger partial charge in [0.25, 0.3) is 0 Å². The fourth-order valence-electron chi connectivity index (χ4n) is 3.59. The maximum atomic E-state index is 14.2. The van der Waals surface area contributed by atoms with Gasteiger partial charge in [0, 0.05) is 25.2 Å². The number of hydrogen-bond donors (Lipinski definition) is 2. The number of nitrogens with one attached hydrogen (secondary N) is 2. The SMILES string of the molecule is O=C(NC1CC1)NC1CCN(c2ncnc3c2cnn3-c2ccccc2F)C1. The van der Waals surface area contributed by atoms with E-state index in [2.05, 4.69) is 30.6 Å². The molecule has 2 N–H and O–H groups in total. The normalized spacial score (nSPS) is 19.2. The summed E-state index contributed by atoms with van der Waals surface area (Å²) < 4.78 is 15.7. The Labute approximate surface area is 160 Å². The summed E-state index contributed by atoms with van der Waals surface area (Å²) in [6, 6.07) is 6.76. The summed E-state index contributed by atoms with van der Waals surface area (Å²) in [6.07, 6.45) is 6.10. The molecule has 0 radical (unpaired) electrons. The van der Waals surface area contributed by atoms with Crippen LogP contribution in [-0.2, 0) is 0 Å². The van der Waals surface area contributed by atoms with Crippen molar-refractivity contribution < 1.29 is 9.18 Å². The van der Waals surface area contributed by atoms with Gasteiger partial charge in [0.05, 0.1) is 11.6 Å². The molecule has 28 heavy (non-hydrogen) atoms. The van der Waals surface area contributed by atoms with E-state index in [0.717, 1.165) is 37.0 Å².